The molecule has 2 aromatic heterocycles. The molecule has 0 saturated carbocycles. The maximum absolute atomic E-state index is 13.3. The number of hydrogen-bond donors (Lipinski definition) is 0. The minimum absolute atomic E-state index is 0.0384. The lowest BCUT2D eigenvalue weighted by atomic mass is 10.0. The van der Waals surface area contributed by atoms with E-state index in [9.17, 15) is 14.3 Å². The Labute approximate surface area is 126 Å². The Morgan fingerprint density at radius 2 is 2.14 bits per heavy atom. The van der Waals surface area contributed by atoms with E-state index in [2.05, 4.69) is 10.1 Å². The highest BCUT2D eigenvalue weighted by atomic mass is 19.1. The summed E-state index contributed by atoms with van der Waals surface area (Å²) in [5.74, 6) is -1.60. The van der Waals surface area contributed by atoms with Gasteiger partial charge in [0.1, 0.15) is 5.82 Å². The second-order valence-electron chi connectivity index (χ2n) is 5.15. The van der Waals surface area contributed by atoms with Gasteiger partial charge >= 0.3 is 0 Å². The van der Waals surface area contributed by atoms with Crippen LogP contribution in [-0.4, -0.2) is 20.6 Å². The molecule has 0 aliphatic heterocycles. The summed E-state index contributed by atoms with van der Waals surface area (Å²) >= 11 is 0. The maximum atomic E-state index is 13.3. The van der Waals surface area contributed by atoms with E-state index in [1.54, 1.807) is 13.0 Å². The molecule has 3 rings (SSSR count). The lowest BCUT2D eigenvalue weighted by Crippen LogP contribution is -2.22. The van der Waals surface area contributed by atoms with E-state index < -0.39 is 5.97 Å². The molecule has 112 valence electrons. The van der Waals surface area contributed by atoms with Crippen LogP contribution < -0.4 is 5.11 Å². The second-order valence-corrected chi connectivity index (χ2v) is 5.15. The van der Waals surface area contributed by atoms with E-state index in [-0.39, 0.29) is 17.0 Å². The van der Waals surface area contributed by atoms with Gasteiger partial charge in [-0.3, -0.25) is 0 Å². The topological polar surface area (TPSA) is 70.3 Å². The molecule has 0 spiro atoms. The predicted octanol–water partition coefficient (Wildman–Crippen LogP) is 1.44. The van der Waals surface area contributed by atoms with E-state index in [4.69, 9.17) is 0 Å². The average Bonchev–Trinajstić information content (AvgIpc) is 2.87. The summed E-state index contributed by atoms with van der Waals surface area (Å²) in [4.78, 5) is 15.4. The largest absolute Gasteiger partial charge is 0.545 e. The number of carbonyl (C=O) groups excluding carboxylic acids is 1. The molecular weight excluding hydrogens is 285 g/mol. The van der Waals surface area contributed by atoms with Gasteiger partial charge in [-0.1, -0.05) is 12.1 Å². The zero-order valence-corrected chi connectivity index (χ0v) is 12.1. The van der Waals surface area contributed by atoms with Crippen molar-refractivity contribution in [3.8, 4) is 0 Å². The lowest BCUT2D eigenvalue weighted by molar-refractivity contribution is -0.254. The molecule has 0 atom stereocenters. The van der Waals surface area contributed by atoms with Crippen LogP contribution in [0.4, 0.5) is 4.39 Å². The van der Waals surface area contributed by atoms with Crippen molar-refractivity contribution in [1.82, 2.24) is 14.6 Å². The Hall–Kier alpha value is -2.76. The van der Waals surface area contributed by atoms with Crippen LogP contribution in [0, 0.1) is 19.7 Å². The molecule has 0 aliphatic rings. The molecule has 0 amide bonds. The minimum atomic E-state index is -1.31. The van der Waals surface area contributed by atoms with Crippen molar-refractivity contribution in [1.29, 1.82) is 0 Å². The van der Waals surface area contributed by atoms with E-state index in [0.29, 0.717) is 12.1 Å². The van der Waals surface area contributed by atoms with E-state index >= 15 is 0 Å². The zero-order valence-electron chi connectivity index (χ0n) is 12.1. The molecule has 2 heterocycles. The van der Waals surface area contributed by atoms with Crippen molar-refractivity contribution in [2.75, 3.05) is 0 Å². The van der Waals surface area contributed by atoms with Crippen LogP contribution in [0.3, 0.4) is 0 Å². The highest BCUT2D eigenvalue weighted by molar-refractivity contribution is 5.92. The van der Waals surface area contributed by atoms with Gasteiger partial charge in [0.15, 0.2) is 5.65 Å². The van der Waals surface area contributed by atoms with Crippen molar-refractivity contribution in [3.05, 3.63) is 64.4 Å². The monoisotopic (exact) mass is 298 g/mol. The van der Waals surface area contributed by atoms with Gasteiger partial charge in [0.2, 0.25) is 0 Å². The van der Waals surface area contributed by atoms with Crippen molar-refractivity contribution in [3.63, 3.8) is 0 Å². The summed E-state index contributed by atoms with van der Waals surface area (Å²) in [5.41, 5.74) is 3.41. The van der Waals surface area contributed by atoms with Crippen LogP contribution in [-0.2, 0) is 6.42 Å². The fraction of sp³-hybridized carbons (Fsp3) is 0.188. The second kappa shape index (κ2) is 5.22. The van der Waals surface area contributed by atoms with Crippen molar-refractivity contribution < 1.29 is 14.3 Å². The number of carboxylic acid groups (broad SMARTS) is 1. The first-order chi connectivity index (χ1) is 10.5. The summed E-state index contributed by atoms with van der Waals surface area (Å²) in [5, 5.41) is 15.1. The number of aromatic carboxylic acids is 1. The number of rotatable bonds is 3. The molecule has 1 aromatic carbocycles. The molecule has 0 radical (unpaired) electrons. The smallest absolute Gasteiger partial charge is 0.164 e. The summed E-state index contributed by atoms with van der Waals surface area (Å²) in [6, 6.07) is 6.36. The number of aryl methyl sites for hydroxylation is 2. The van der Waals surface area contributed by atoms with Crippen LogP contribution in [0.1, 0.15) is 32.9 Å². The average molecular weight is 298 g/mol. The Morgan fingerprint density at radius 1 is 1.36 bits per heavy atom. The third kappa shape index (κ3) is 2.32. The highest BCUT2D eigenvalue weighted by Gasteiger charge is 2.14. The molecule has 0 fully saturated rings. The molecule has 3 aromatic rings. The van der Waals surface area contributed by atoms with E-state index in [0.717, 1.165) is 16.8 Å². The van der Waals surface area contributed by atoms with Gasteiger partial charge < -0.3 is 9.90 Å². The number of aromatic nitrogens is 3. The Kier molecular flexibility index (Phi) is 3.36. The first-order valence-electron chi connectivity index (χ1n) is 6.77. The minimum Gasteiger partial charge on any atom is -0.545 e. The normalized spacial score (nSPS) is 11.0. The van der Waals surface area contributed by atoms with Gasteiger partial charge in [0, 0.05) is 17.8 Å². The van der Waals surface area contributed by atoms with Crippen molar-refractivity contribution >= 4 is 11.6 Å². The fourth-order valence-electron chi connectivity index (χ4n) is 2.56. The summed E-state index contributed by atoms with van der Waals surface area (Å²) in [6.45, 7) is 3.63. The summed E-state index contributed by atoms with van der Waals surface area (Å²) in [7, 11) is 0. The van der Waals surface area contributed by atoms with E-state index in [1.165, 1.54) is 22.8 Å². The molecule has 5 nitrogen and oxygen atoms in total. The van der Waals surface area contributed by atoms with Gasteiger partial charge in [-0.05, 0) is 37.1 Å². The first-order valence-corrected chi connectivity index (χ1v) is 6.77. The highest BCUT2D eigenvalue weighted by Crippen LogP contribution is 2.20. The lowest BCUT2D eigenvalue weighted by Gasteiger charge is -2.12. The summed E-state index contributed by atoms with van der Waals surface area (Å²) < 4.78 is 14.8. The quantitative estimate of drug-likeness (QED) is 0.733. The number of carbonyl (C=O) groups is 1. The molecule has 0 N–H and O–H groups in total. The molecule has 0 bridgehead atoms. The predicted molar refractivity (Wildman–Crippen MR) is 76.0 cm³/mol. The summed E-state index contributed by atoms with van der Waals surface area (Å²) in [6.07, 6.45) is 1.73. The number of fused-ring (bicyclic) bond motifs is 1. The third-order valence-electron chi connectivity index (χ3n) is 3.70. The van der Waals surface area contributed by atoms with Gasteiger partial charge in [-0.15, -0.1) is 0 Å². The SMILES string of the molecule is Cc1nc2c(C(=O)[O-])cnn2c(C)c1Cc1cccc(F)c1. The van der Waals surface area contributed by atoms with Crippen LogP contribution in [0.2, 0.25) is 0 Å². The number of halogens is 1. The van der Waals surface area contributed by atoms with Crippen LogP contribution in [0.25, 0.3) is 5.65 Å². The molecule has 0 unspecified atom stereocenters. The van der Waals surface area contributed by atoms with Crippen molar-refractivity contribution in [2.24, 2.45) is 0 Å². The maximum Gasteiger partial charge on any atom is 0.164 e. The third-order valence-corrected chi connectivity index (χ3v) is 3.70. The number of carboxylic acids is 1. The van der Waals surface area contributed by atoms with Crippen LogP contribution in [0.5, 0.6) is 0 Å². The zero-order chi connectivity index (χ0) is 15.9. The standard InChI is InChI=1S/C16H14FN3O2/c1-9-13(7-11-4-3-5-12(17)6-11)10(2)20-15(19-9)14(8-18-20)16(21)22/h3-6,8H,7H2,1-2H3,(H,21,22)/p-1. The van der Waals surface area contributed by atoms with Gasteiger partial charge in [0.05, 0.1) is 17.7 Å². The number of hydrogen-bond acceptors (Lipinski definition) is 4. The number of benzene rings is 1. The Bertz CT molecular complexity index is 886. The molecule has 6 heteroatoms. The molecular formula is C16H13FN3O2-. The molecule has 0 aliphatic carbocycles. The van der Waals surface area contributed by atoms with Crippen molar-refractivity contribution in [2.45, 2.75) is 20.3 Å². The Morgan fingerprint density at radius 3 is 2.82 bits per heavy atom. The van der Waals surface area contributed by atoms with Gasteiger partial charge in [-0.25, -0.2) is 13.9 Å². The Balaban J connectivity index is 2.13. The molecule has 22 heavy (non-hydrogen) atoms. The number of nitrogens with zero attached hydrogens (tertiary/aromatic N) is 3. The van der Waals surface area contributed by atoms with Crippen LogP contribution >= 0.6 is 0 Å². The van der Waals surface area contributed by atoms with Crippen LogP contribution in [0.15, 0.2) is 30.5 Å². The molecule has 0 saturated heterocycles. The van der Waals surface area contributed by atoms with Gasteiger partial charge in [-0.2, -0.15) is 5.10 Å². The fourth-order valence-corrected chi connectivity index (χ4v) is 2.56. The van der Waals surface area contributed by atoms with E-state index in [1.807, 2.05) is 13.0 Å². The van der Waals surface area contributed by atoms with Gasteiger partial charge in [0.25, 0.3) is 0 Å². The first kappa shape index (κ1) is 14.2.